The summed E-state index contributed by atoms with van der Waals surface area (Å²) in [5, 5.41) is 11.3. The first-order valence-electron chi connectivity index (χ1n) is 3.51. The molecule has 0 unspecified atom stereocenters. The quantitative estimate of drug-likeness (QED) is 0.427. The number of aromatic nitrogens is 1. The molecule has 0 fully saturated rings. The Morgan fingerprint density at radius 3 is 2.67 bits per heavy atom. The van der Waals surface area contributed by atoms with Crippen LogP contribution in [0.1, 0.15) is 16.8 Å². The molecule has 1 aromatic heterocycles. The Labute approximate surface area is 84.9 Å². The molecule has 0 amide bonds. The highest BCUT2D eigenvalue weighted by atomic mass is 79.9. The van der Waals surface area contributed by atoms with Crippen LogP contribution in [-0.2, 0) is 5.88 Å². The van der Waals surface area contributed by atoms with Crippen LogP contribution in [-0.4, -0.2) is 0 Å². The van der Waals surface area contributed by atoms with Crippen molar-refractivity contribution in [3.05, 3.63) is 32.7 Å². The predicted molar refractivity (Wildman–Crippen MR) is 52.1 cm³/mol. The number of halogens is 2. The molecule has 0 bridgehead atoms. The molecule has 0 saturated heterocycles. The zero-order chi connectivity index (χ0) is 9.30. The van der Waals surface area contributed by atoms with Crippen LogP contribution >= 0.6 is 27.5 Å². The average molecular weight is 251 g/mol. The van der Waals surface area contributed by atoms with Gasteiger partial charge in [0.05, 0.1) is 0 Å². The summed E-state index contributed by atoms with van der Waals surface area (Å²) in [4.78, 5) is 0. The summed E-state index contributed by atoms with van der Waals surface area (Å²) < 4.78 is 1.79. The smallest absolute Gasteiger partial charge is 0.211 e. The molecular formula is C8H9BrClNO. The molecule has 0 radical (unpaired) electrons. The molecule has 66 valence electrons. The highest BCUT2D eigenvalue weighted by Crippen LogP contribution is 2.21. The summed E-state index contributed by atoms with van der Waals surface area (Å²) in [6, 6.07) is 0. The number of hydrogen-bond donors (Lipinski definition) is 0. The number of rotatable bonds is 1. The van der Waals surface area contributed by atoms with Gasteiger partial charge in [-0.3, -0.25) is 0 Å². The van der Waals surface area contributed by atoms with Crippen LogP contribution in [0.2, 0.25) is 0 Å². The lowest BCUT2D eigenvalue weighted by Crippen LogP contribution is -2.32. The Balaban J connectivity index is 3.40. The highest BCUT2D eigenvalue weighted by Gasteiger charge is 2.13. The van der Waals surface area contributed by atoms with Gasteiger partial charge in [-0.1, -0.05) is 0 Å². The molecule has 0 saturated carbocycles. The Morgan fingerprint density at radius 1 is 1.58 bits per heavy atom. The topological polar surface area (TPSA) is 26.9 Å². The average Bonchev–Trinajstić information content (AvgIpc) is 2.01. The molecule has 12 heavy (non-hydrogen) atoms. The van der Waals surface area contributed by atoms with Crippen molar-refractivity contribution in [2.45, 2.75) is 19.7 Å². The van der Waals surface area contributed by atoms with E-state index in [2.05, 4.69) is 15.9 Å². The van der Waals surface area contributed by atoms with E-state index in [4.69, 9.17) is 11.6 Å². The fraction of sp³-hybridized carbons (Fsp3) is 0.375. The van der Waals surface area contributed by atoms with E-state index in [0.717, 1.165) is 20.3 Å². The normalized spacial score (nSPS) is 10.3. The summed E-state index contributed by atoms with van der Waals surface area (Å²) in [5.74, 6) is 0.244. The van der Waals surface area contributed by atoms with E-state index < -0.39 is 0 Å². The van der Waals surface area contributed by atoms with Crippen molar-refractivity contribution in [1.29, 1.82) is 0 Å². The minimum Gasteiger partial charge on any atom is -0.618 e. The van der Waals surface area contributed by atoms with E-state index in [9.17, 15) is 5.21 Å². The minimum atomic E-state index is 0.244. The van der Waals surface area contributed by atoms with Gasteiger partial charge in [-0.05, 0) is 29.8 Å². The molecule has 0 aliphatic heterocycles. The molecule has 2 nitrogen and oxygen atoms in total. The summed E-state index contributed by atoms with van der Waals surface area (Å²) in [5.41, 5.74) is 2.45. The first kappa shape index (κ1) is 9.81. The summed E-state index contributed by atoms with van der Waals surface area (Å²) in [6.45, 7) is 3.76. The van der Waals surface area contributed by atoms with Crippen molar-refractivity contribution >= 4 is 27.5 Å². The number of aryl methyl sites for hydroxylation is 1. The van der Waals surface area contributed by atoms with Gasteiger partial charge in [-0.15, -0.1) is 11.6 Å². The summed E-state index contributed by atoms with van der Waals surface area (Å²) in [7, 11) is 0. The van der Waals surface area contributed by atoms with Crippen molar-refractivity contribution in [3.8, 4) is 0 Å². The molecule has 1 aromatic rings. The lowest BCUT2D eigenvalue weighted by molar-refractivity contribution is -0.613. The van der Waals surface area contributed by atoms with Crippen LogP contribution in [0.5, 0.6) is 0 Å². The Bertz CT molecular complexity index is 314. The van der Waals surface area contributed by atoms with Crippen LogP contribution in [0.25, 0.3) is 0 Å². The second-order valence-electron chi connectivity index (χ2n) is 2.66. The number of alkyl halides is 1. The van der Waals surface area contributed by atoms with Gasteiger partial charge in [0.15, 0.2) is 6.20 Å². The second kappa shape index (κ2) is 3.62. The van der Waals surface area contributed by atoms with Crippen molar-refractivity contribution in [2.75, 3.05) is 0 Å². The third-order valence-corrected chi connectivity index (χ3v) is 3.29. The van der Waals surface area contributed by atoms with E-state index in [1.807, 2.05) is 13.8 Å². The third kappa shape index (κ3) is 1.57. The Morgan fingerprint density at radius 2 is 2.17 bits per heavy atom. The SMILES string of the molecule is Cc1c[n+]([O-])c(CCl)c(C)c1Br. The number of hydrogen-bond acceptors (Lipinski definition) is 1. The van der Waals surface area contributed by atoms with Crippen LogP contribution in [0.3, 0.4) is 0 Å². The maximum Gasteiger partial charge on any atom is 0.211 e. The third-order valence-electron chi connectivity index (χ3n) is 1.81. The van der Waals surface area contributed by atoms with Gasteiger partial charge in [0.2, 0.25) is 5.69 Å². The first-order chi connectivity index (χ1) is 5.57. The number of nitrogens with zero attached hydrogens (tertiary/aromatic N) is 1. The van der Waals surface area contributed by atoms with Gasteiger partial charge in [-0.2, -0.15) is 4.73 Å². The van der Waals surface area contributed by atoms with Gasteiger partial charge in [0.25, 0.3) is 0 Å². The fourth-order valence-corrected chi connectivity index (χ4v) is 1.71. The zero-order valence-electron chi connectivity index (χ0n) is 6.90. The Kier molecular flexibility index (Phi) is 2.96. The monoisotopic (exact) mass is 249 g/mol. The van der Waals surface area contributed by atoms with Gasteiger partial charge in [-0.25, -0.2) is 0 Å². The van der Waals surface area contributed by atoms with E-state index in [0.29, 0.717) is 5.69 Å². The van der Waals surface area contributed by atoms with Crippen molar-refractivity contribution in [3.63, 3.8) is 0 Å². The second-order valence-corrected chi connectivity index (χ2v) is 3.72. The number of pyridine rings is 1. The van der Waals surface area contributed by atoms with E-state index in [-0.39, 0.29) is 5.88 Å². The van der Waals surface area contributed by atoms with Crippen molar-refractivity contribution < 1.29 is 4.73 Å². The van der Waals surface area contributed by atoms with Gasteiger partial charge >= 0.3 is 0 Å². The largest absolute Gasteiger partial charge is 0.618 e. The van der Waals surface area contributed by atoms with Gasteiger partial charge in [0.1, 0.15) is 5.88 Å². The summed E-state index contributed by atoms with van der Waals surface area (Å²) >= 11 is 9.01. The molecule has 0 N–H and O–H groups in total. The molecule has 0 atom stereocenters. The van der Waals surface area contributed by atoms with Crippen LogP contribution in [0.15, 0.2) is 10.7 Å². The lowest BCUT2D eigenvalue weighted by atomic mass is 10.2. The molecule has 0 spiro atoms. The van der Waals surface area contributed by atoms with Crippen molar-refractivity contribution in [2.24, 2.45) is 0 Å². The fourth-order valence-electron chi connectivity index (χ4n) is 1.06. The van der Waals surface area contributed by atoms with Crippen LogP contribution < -0.4 is 4.73 Å². The van der Waals surface area contributed by atoms with E-state index in [1.165, 1.54) is 6.20 Å². The van der Waals surface area contributed by atoms with Gasteiger partial charge in [0, 0.05) is 15.6 Å². The van der Waals surface area contributed by atoms with Crippen LogP contribution in [0.4, 0.5) is 0 Å². The summed E-state index contributed by atoms with van der Waals surface area (Å²) in [6.07, 6.45) is 1.52. The molecule has 0 aromatic carbocycles. The highest BCUT2D eigenvalue weighted by molar-refractivity contribution is 9.10. The maximum absolute atomic E-state index is 11.3. The maximum atomic E-state index is 11.3. The van der Waals surface area contributed by atoms with E-state index >= 15 is 0 Å². The lowest BCUT2D eigenvalue weighted by Gasteiger charge is -2.08. The predicted octanol–water partition coefficient (Wildman–Crippen LogP) is 2.44. The van der Waals surface area contributed by atoms with Crippen molar-refractivity contribution in [1.82, 2.24) is 0 Å². The van der Waals surface area contributed by atoms with Crippen LogP contribution in [0, 0.1) is 19.1 Å². The molecule has 1 heterocycles. The Hall–Kier alpha value is -0.280. The molecular weight excluding hydrogens is 241 g/mol. The first-order valence-corrected chi connectivity index (χ1v) is 4.84. The zero-order valence-corrected chi connectivity index (χ0v) is 9.24. The molecule has 1 rings (SSSR count). The molecule has 0 aliphatic rings. The van der Waals surface area contributed by atoms with Gasteiger partial charge < -0.3 is 5.21 Å². The molecule has 0 aliphatic carbocycles. The standard InChI is InChI=1S/C8H9BrClNO/c1-5-4-11(12)7(3-10)6(2)8(5)9/h4H,3H2,1-2H3. The molecule has 4 heteroatoms. The van der Waals surface area contributed by atoms with E-state index in [1.54, 1.807) is 0 Å². The minimum absolute atomic E-state index is 0.244.